The Balaban J connectivity index is 1.74. The van der Waals surface area contributed by atoms with Crippen LogP contribution in [0.5, 0.6) is 0 Å². The minimum Gasteiger partial charge on any atom is -0.306 e. The van der Waals surface area contributed by atoms with Crippen LogP contribution in [0.3, 0.4) is 0 Å². The maximum absolute atomic E-state index is 13.3. The summed E-state index contributed by atoms with van der Waals surface area (Å²) in [7, 11) is 0. The van der Waals surface area contributed by atoms with Gasteiger partial charge in [-0.2, -0.15) is 0 Å². The molecule has 2 aromatic carbocycles. The molecule has 3 aromatic rings. The number of hydrogen-bond donors (Lipinski definition) is 2. The predicted octanol–water partition coefficient (Wildman–Crippen LogP) is 2.89. The Hall–Kier alpha value is -2.05. The van der Waals surface area contributed by atoms with E-state index in [1.807, 2.05) is 12.1 Å². The molecule has 2 N–H and O–H groups in total. The molecule has 1 aliphatic heterocycles. The molecule has 4 rings (SSSR count). The molecule has 0 saturated carbocycles. The second-order valence-electron chi connectivity index (χ2n) is 5.08. The molecule has 106 valence electrons. The highest BCUT2D eigenvalue weighted by atomic mass is 32.1. The molecule has 4 nitrogen and oxygen atoms in total. The van der Waals surface area contributed by atoms with E-state index in [0.29, 0.717) is 5.13 Å². The Morgan fingerprint density at radius 1 is 1.38 bits per heavy atom. The number of thiazole rings is 1. The molecule has 0 bridgehead atoms. The van der Waals surface area contributed by atoms with Crippen LogP contribution in [0, 0.1) is 5.82 Å². The molecular weight excluding hydrogens is 289 g/mol. The maximum Gasteiger partial charge on any atom is 0.243 e. The van der Waals surface area contributed by atoms with Gasteiger partial charge in [-0.05, 0) is 42.6 Å². The highest BCUT2D eigenvalue weighted by Crippen LogP contribution is 2.33. The molecule has 0 aliphatic carbocycles. The fraction of sp³-hybridized carbons (Fsp3) is 0.200. The number of nitrogens with one attached hydrogen (secondary N) is 2. The number of carbonyl (C=O) groups excluding carboxylic acids is 1. The highest BCUT2D eigenvalue weighted by Gasteiger charge is 2.25. The molecule has 1 aromatic heterocycles. The molecule has 6 heteroatoms. The van der Waals surface area contributed by atoms with Crippen LogP contribution < -0.4 is 10.6 Å². The third kappa shape index (κ3) is 2.16. The first-order valence-corrected chi connectivity index (χ1v) is 7.55. The lowest BCUT2D eigenvalue weighted by molar-refractivity contribution is -0.119. The first-order valence-electron chi connectivity index (χ1n) is 6.74. The summed E-state index contributed by atoms with van der Waals surface area (Å²) in [5.41, 5.74) is 0.816. The molecule has 1 amide bonds. The van der Waals surface area contributed by atoms with E-state index in [9.17, 15) is 9.18 Å². The van der Waals surface area contributed by atoms with Crippen molar-refractivity contribution in [2.75, 3.05) is 11.9 Å². The lowest BCUT2D eigenvalue weighted by Crippen LogP contribution is -2.50. The number of benzene rings is 2. The monoisotopic (exact) mass is 301 g/mol. The van der Waals surface area contributed by atoms with Crippen molar-refractivity contribution in [2.45, 2.75) is 12.5 Å². The quantitative estimate of drug-likeness (QED) is 0.765. The number of hydrogen-bond acceptors (Lipinski definition) is 4. The van der Waals surface area contributed by atoms with Gasteiger partial charge in [0.25, 0.3) is 0 Å². The highest BCUT2D eigenvalue weighted by molar-refractivity contribution is 7.23. The normalized spacial score (nSPS) is 17.9. The van der Waals surface area contributed by atoms with Crippen molar-refractivity contribution in [3.05, 3.63) is 36.1 Å². The molecule has 1 fully saturated rings. The van der Waals surface area contributed by atoms with Crippen LogP contribution in [-0.2, 0) is 4.79 Å². The van der Waals surface area contributed by atoms with Gasteiger partial charge in [-0.3, -0.25) is 4.79 Å². The van der Waals surface area contributed by atoms with Gasteiger partial charge in [0.15, 0.2) is 5.13 Å². The summed E-state index contributed by atoms with van der Waals surface area (Å²) in [5, 5.41) is 8.27. The van der Waals surface area contributed by atoms with Gasteiger partial charge in [0.05, 0.1) is 16.3 Å². The predicted molar refractivity (Wildman–Crippen MR) is 82.1 cm³/mol. The van der Waals surface area contributed by atoms with Crippen molar-refractivity contribution in [1.82, 2.24) is 10.3 Å². The van der Waals surface area contributed by atoms with Crippen LogP contribution in [0.2, 0.25) is 0 Å². The van der Waals surface area contributed by atoms with Crippen molar-refractivity contribution >= 4 is 43.4 Å². The number of amides is 1. The van der Waals surface area contributed by atoms with Crippen molar-refractivity contribution in [2.24, 2.45) is 0 Å². The van der Waals surface area contributed by atoms with E-state index in [-0.39, 0.29) is 17.8 Å². The van der Waals surface area contributed by atoms with Gasteiger partial charge in [0.1, 0.15) is 5.82 Å². The zero-order valence-electron chi connectivity index (χ0n) is 11.0. The molecule has 1 aliphatic rings. The van der Waals surface area contributed by atoms with Gasteiger partial charge in [-0.1, -0.05) is 17.4 Å². The van der Waals surface area contributed by atoms with E-state index < -0.39 is 0 Å². The Labute approximate surface area is 124 Å². The fourth-order valence-electron chi connectivity index (χ4n) is 2.44. The number of rotatable bonds is 2. The Morgan fingerprint density at radius 3 is 3.00 bits per heavy atom. The van der Waals surface area contributed by atoms with Gasteiger partial charge in [0, 0.05) is 5.39 Å². The second-order valence-corrected chi connectivity index (χ2v) is 6.08. The Morgan fingerprint density at radius 2 is 2.24 bits per heavy atom. The SMILES string of the molecule is O=C(Nc1nc2ccc3cc(F)ccc3c2s1)[C@H]1CCN1. The first kappa shape index (κ1) is 12.7. The van der Waals surface area contributed by atoms with Gasteiger partial charge < -0.3 is 10.6 Å². The van der Waals surface area contributed by atoms with E-state index in [1.165, 1.54) is 23.5 Å². The van der Waals surface area contributed by atoms with Crippen LogP contribution >= 0.6 is 11.3 Å². The topological polar surface area (TPSA) is 54.0 Å². The molecule has 1 atom stereocenters. The molecule has 21 heavy (non-hydrogen) atoms. The minimum atomic E-state index is -0.254. The number of anilines is 1. The van der Waals surface area contributed by atoms with Crippen molar-refractivity contribution < 1.29 is 9.18 Å². The molecule has 0 radical (unpaired) electrons. The van der Waals surface area contributed by atoms with Crippen LogP contribution in [0.4, 0.5) is 9.52 Å². The van der Waals surface area contributed by atoms with E-state index in [2.05, 4.69) is 15.6 Å². The van der Waals surface area contributed by atoms with Gasteiger partial charge in [-0.15, -0.1) is 0 Å². The van der Waals surface area contributed by atoms with E-state index in [0.717, 1.165) is 34.0 Å². The summed E-state index contributed by atoms with van der Waals surface area (Å²) in [4.78, 5) is 16.4. The number of carbonyl (C=O) groups is 1. The Kier molecular flexibility index (Phi) is 2.87. The summed E-state index contributed by atoms with van der Waals surface area (Å²) >= 11 is 1.42. The molecule has 0 spiro atoms. The average Bonchev–Trinajstić information content (AvgIpc) is 2.78. The van der Waals surface area contributed by atoms with E-state index in [4.69, 9.17) is 0 Å². The van der Waals surface area contributed by atoms with Crippen molar-refractivity contribution in [3.63, 3.8) is 0 Å². The lowest BCUT2D eigenvalue weighted by atomic mass is 10.1. The van der Waals surface area contributed by atoms with Crippen LogP contribution in [0.1, 0.15) is 6.42 Å². The van der Waals surface area contributed by atoms with Crippen molar-refractivity contribution in [1.29, 1.82) is 0 Å². The lowest BCUT2D eigenvalue weighted by Gasteiger charge is -2.25. The number of fused-ring (bicyclic) bond motifs is 3. The van der Waals surface area contributed by atoms with Gasteiger partial charge >= 0.3 is 0 Å². The van der Waals surface area contributed by atoms with Crippen molar-refractivity contribution in [3.8, 4) is 0 Å². The zero-order chi connectivity index (χ0) is 14.4. The number of nitrogens with zero attached hydrogens (tertiary/aromatic N) is 1. The van der Waals surface area contributed by atoms with E-state index >= 15 is 0 Å². The van der Waals surface area contributed by atoms with Gasteiger partial charge in [-0.25, -0.2) is 9.37 Å². The Bertz CT molecular complexity index is 857. The number of halogens is 1. The summed E-state index contributed by atoms with van der Waals surface area (Å²) in [5.74, 6) is -0.299. The summed E-state index contributed by atoms with van der Waals surface area (Å²) in [6.07, 6.45) is 0.860. The smallest absolute Gasteiger partial charge is 0.243 e. The molecular formula is C15H12FN3OS. The van der Waals surface area contributed by atoms with Crippen LogP contribution in [-0.4, -0.2) is 23.5 Å². The second kappa shape index (κ2) is 4.75. The third-order valence-electron chi connectivity index (χ3n) is 3.70. The number of aromatic nitrogens is 1. The van der Waals surface area contributed by atoms with Crippen LogP contribution in [0.15, 0.2) is 30.3 Å². The largest absolute Gasteiger partial charge is 0.306 e. The summed E-state index contributed by atoms with van der Waals surface area (Å²) < 4.78 is 14.2. The third-order valence-corrected chi connectivity index (χ3v) is 4.72. The molecule has 1 saturated heterocycles. The van der Waals surface area contributed by atoms with Gasteiger partial charge in [0.2, 0.25) is 5.91 Å². The first-order chi connectivity index (χ1) is 10.2. The standard InChI is InChI=1S/C15H12FN3OS/c16-9-2-3-10-8(7-9)1-4-11-13(10)21-15(18-11)19-14(20)12-5-6-17-12/h1-4,7,12,17H,5-6H2,(H,18,19,20)/t12-/m1/s1. The average molecular weight is 301 g/mol. The van der Waals surface area contributed by atoms with E-state index in [1.54, 1.807) is 6.07 Å². The fourth-order valence-corrected chi connectivity index (χ4v) is 3.45. The van der Waals surface area contributed by atoms with Crippen LogP contribution in [0.25, 0.3) is 21.0 Å². The zero-order valence-corrected chi connectivity index (χ0v) is 11.8. The minimum absolute atomic E-state index is 0.0457. The maximum atomic E-state index is 13.3. The summed E-state index contributed by atoms with van der Waals surface area (Å²) in [6.45, 7) is 0.883. The molecule has 2 heterocycles. The summed E-state index contributed by atoms with van der Waals surface area (Å²) in [6, 6.07) is 8.29. The molecule has 0 unspecified atom stereocenters.